The highest BCUT2D eigenvalue weighted by molar-refractivity contribution is 5.60. The quantitative estimate of drug-likeness (QED) is 0.731. The van der Waals surface area contributed by atoms with Crippen LogP contribution in [0, 0.1) is 6.92 Å². The molecular weight excluding hydrogens is 188 g/mol. The first kappa shape index (κ1) is 9.90. The van der Waals surface area contributed by atoms with Gasteiger partial charge >= 0.3 is 0 Å². The van der Waals surface area contributed by atoms with Crippen LogP contribution in [0.25, 0.3) is 0 Å². The minimum atomic E-state index is 0.857. The smallest absolute Gasteiger partial charge is 0.120 e. The molecule has 0 fully saturated rings. The molecule has 1 aliphatic heterocycles. The van der Waals surface area contributed by atoms with Crippen molar-refractivity contribution in [1.29, 1.82) is 0 Å². The maximum atomic E-state index is 5.20. The van der Waals surface area contributed by atoms with E-state index in [1.54, 1.807) is 7.11 Å². The Kier molecular flexibility index (Phi) is 2.54. The highest BCUT2D eigenvalue weighted by Crippen LogP contribution is 2.27. The molecule has 1 aliphatic rings. The van der Waals surface area contributed by atoms with Crippen LogP contribution < -0.4 is 9.64 Å². The average Bonchev–Trinajstić information content (AvgIpc) is 2.65. The molecule has 0 saturated carbocycles. The van der Waals surface area contributed by atoms with E-state index in [9.17, 15) is 0 Å². The fourth-order valence-corrected chi connectivity index (χ4v) is 1.62. The molecular formula is C12H15N2O. The number of methoxy groups -OCH3 is 1. The molecule has 0 saturated heterocycles. The van der Waals surface area contributed by atoms with Crippen LogP contribution in [0.1, 0.15) is 5.56 Å². The van der Waals surface area contributed by atoms with Crippen LogP contribution in [0.3, 0.4) is 0 Å². The molecule has 0 bridgehead atoms. The summed E-state index contributed by atoms with van der Waals surface area (Å²) in [4.78, 5) is 4.25. The van der Waals surface area contributed by atoms with E-state index < -0.39 is 0 Å². The lowest BCUT2D eigenvalue weighted by Gasteiger charge is -2.20. The van der Waals surface area contributed by atoms with Crippen molar-refractivity contribution in [2.24, 2.45) is 0 Å². The lowest BCUT2D eigenvalue weighted by atomic mass is 10.2. The maximum absolute atomic E-state index is 5.20. The molecule has 0 spiro atoms. The number of hydrogen-bond donors (Lipinski definition) is 0. The van der Waals surface area contributed by atoms with Gasteiger partial charge in [-0.25, -0.2) is 0 Å². The van der Waals surface area contributed by atoms with Crippen molar-refractivity contribution in [3.8, 4) is 5.75 Å². The van der Waals surface area contributed by atoms with E-state index in [-0.39, 0.29) is 0 Å². The van der Waals surface area contributed by atoms with Crippen molar-refractivity contribution in [1.82, 2.24) is 4.90 Å². The summed E-state index contributed by atoms with van der Waals surface area (Å²) < 4.78 is 5.20. The lowest BCUT2D eigenvalue weighted by Crippen LogP contribution is -2.22. The third-order valence-electron chi connectivity index (χ3n) is 2.48. The van der Waals surface area contributed by atoms with E-state index in [0.717, 1.165) is 23.7 Å². The van der Waals surface area contributed by atoms with Gasteiger partial charge in [-0.1, -0.05) is 6.07 Å². The molecule has 0 unspecified atom stereocenters. The van der Waals surface area contributed by atoms with Crippen LogP contribution in [0.5, 0.6) is 5.75 Å². The van der Waals surface area contributed by atoms with Gasteiger partial charge in [-0.05, 0) is 18.6 Å². The van der Waals surface area contributed by atoms with E-state index in [2.05, 4.69) is 16.7 Å². The summed E-state index contributed by atoms with van der Waals surface area (Å²) in [6.07, 6.45) is 4.09. The lowest BCUT2D eigenvalue weighted by molar-refractivity contribution is 0.414. The normalized spacial score (nSPS) is 14.9. The van der Waals surface area contributed by atoms with Crippen molar-refractivity contribution >= 4 is 5.69 Å². The zero-order valence-electron chi connectivity index (χ0n) is 9.10. The van der Waals surface area contributed by atoms with Crippen LogP contribution in [0.4, 0.5) is 5.69 Å². The maximum Gasteiger partial charge on any atom is 0.120 e. The number of ether oxygens (including phenoxy) is 1. The minimum absolute atomic E-state index is 0.857. The second-order valence-electron chi connectivity index (χ2n) is 3.66. The predicted molar refractivity (Wildman–Crippen MR) is 61.7 cm³/mol. The summed E-state index contributed by atoms with van der Waals surface area (Å²) in [6.45, 7) is 4.87. The van der Waals surface area contributed by atoms with Gasteiger partial charge in [0.25, 0.3) is 0 Å². The van der Waals surface area contributed by atoms with Gasteiger partial charge < -0.3 is 14.5 Å². The summed E-state index contributed by atoms with van der Waals surface area (Å²) in [5.41, 5.74) is 2.10. The van der Waals surface area contributed by atoms with Gasteiger partial charge in [0.1, 0.15) is 5.75 Å². The Labute approximate surface area is 90.6 Å². The highest BCUT2D eigenvalue weighted by atomic mass is 16.5. The fraction of sp³-hybridized carbons (Fsp3) is 0.250. The van der Waals surface area contributed by atoms with E-state index in [1.165, 1.54) is 0 Å². The molecule has 1 radical (unpaired) electrons. The number of nitrogens with zero attached hydrogens (tertiary/aromatic N) is 2. The van der Waals surface area contributed by atoms with Crippen LogP contribution in [0.2, 0.25) is 0 Å². The molecule has 0 aromatic heterocycles. The monoisotopic (exact) mass is 203 g/mol. The topological polar surface area (TPSA) is 15.7 Å². The van der Waals surface area contributed by atoms with E-state index in [0.29, 0.717) is 0 Å². The Morgan fingerprint density at radius 1 is 1.33 bits per heavy atom. The fourth-order valence-electron chi connectivity index (χ4n) is 1.62. The third-order valence-corrected chi connectivity index (χ3v) is 2.48. The Morgan fingerprint density at radius 2 is 2.13 bits per heavy atom. The van der Waals surface area contributed by atoms with Gasteiger partial charge in [0, 0.05) is 31.2 Å². The molecule has 3 nitrogen and oxygen atoms in total. The highest BCUT2D eigenvalue weighted by Gasteiger charge is 2.13. The van der Waals surface area contributed by atoms with Crippen molar-refractivity contribution in [3.63, 3.8) is 0 Å². The second kappa shape index (κ2) is 3.85. The number of hydrogen-bond acceptors (Lipinski definition) is 3. The molecule has 0 amide bonds. The van der Waals surface area contributed by atoms with Crippen molar-refractivity contribution in [2.75, 3.05) is 25.7 Å². The first-order chi connectivity index (χ1) is 7.20. The van der Waals surface area contributed by atoms with Crippen molar-refractivity contribution in [3.05, 3.63) is 43.1 Å². The minimum Gasteiger partial charge on any atom is -0.497 e. The number of benzene rings is 1. The van der Waals surface area contributed by atoms with Crippen molar-refractivity contribution < 1.29 is 4.74 Å². The van der Waals surface area contributed by atoms with E-state index in [4.69, 9.17) is 4.74 Å². The summed E-state index contributed by atoms with van der Waals surface area (Å²) in [5.74, 6) is 0.861. The number of anilines is 1. The largest absolute Gasteiger partial charge is 0.497 e. The molecule has 0 atom stereocenters. The second-order valence-corrected chi connectivity index (χ2v) is 3.66. The summed E-state index contributed by atoms with van der Waals surface area (Å²) in [5, 5.41) is 0. The molecule has 1 aromatic carbocycles. The summed E-state index contributed by atoms with van der Waals surface area (Å²) in [7, 11) is 3.72. The Hall–Kier alpha value is -1.64. The molecule has 15 heavy (non-hydrogen) atoms. The molecule has 79 valence electrons. The number of rotatable bonds is 2. The van der Waals surface area contributed by atoms with Crippen LogP contribution >= 0.6 is 0 Å². The Balaban J connectivity index is 2.31. The molecule has 3 heteroatoms. The first-order valence-electron chi connectivity index (χ1n) is 4.86. The van der Waals surface area contributed by atoms with Gasteiger partial charge in [0.05, 0.1) is 13.8 Å². The average molecular weight is 203 g/mol. The summed E-state index contributed by atoms with van der Waals surface area (Å²) >= 11 is 0. The van der Waals surface area contributed by atoms with Crippen molar-refractivity contribution in [2.45, 2.75) is 0 Å². The zero-order chi connectivity index (χ0) is 10.8. The molecule has 0 aliphatic carbocycles. The zero-order valence-corrected chi connectivity index (χ0v) is 9.10. The van der Waals surface area contributed by atoms with Crippen LogP contribution in [0.15, 0.2) is 30.6 Å². The summed E-state index contributed by atoms with van der Waals surface area (Å²) in [6, 6.07) is 5.90. The Morgan fingerprint density at radius 3 is 2.73 bits per heavy atom. The third kappa shape index (κ3) is 1.91. The molecule has 1 heterocycles. The van der Waals surface area contributed by atoms with E-state index >= 15 is 0 Å². The van der Waals surface area contributed by atoms with Gasteiger partial charge in [0.15, 0.2) is 0 Å². The van der Waals surface area contributed by atoms with Gasteiger partial charge in [-0.2, -0.15) is 0 Å². The van der Waals surface area contributed by atoms with Crippen LogP contribution in [-0.2, 0) is 0 Å². The van der Waals surface area contributed by atoms with Crippen LogP contribution in [-0.4, -0.2) is 25.7 Å². The van der Waals surface area contributed by atoms with E-state index in [1.807, 2.05) is 37.6 Å². The van der Waals surface area contributed by atoms with Gasteiger partial charge in [-0.15, -0.1) is 0 Å². The molecule has 1 aromatic rings. The first-order valence-corrected chi connectivity index (χ1v) is 4.86. The van der Waals surface area contributed by atoms with Gasteiger partial charge in [0.2, 0.25) is 0 Å². The SMILES string of the molecule is [CH2]c1ccc(OC)cc1N1C=CN(C)C1. The van der Waals surface area contributed by atoms with Gasteiger partial charge in [-0.3, -0.25) is 0 Å². The molecule has 2 rings (SSSR count). The molecule has 0 N–H and O–H groups in total. The predicted octanol–water partition coefficient (Wildman–Crippen LogP) is 2.06. The Bertz CT molecular complexity index is 387. The standard InChI is InChI=1S/C12H15N2O/c1-10-4-5-11(15-3)8-12(10)14-7-6-13(2)9-14/h4-8H,1,9H2,2-3H3.